The summed E-state index contributed by atoms with van der Waals surface area (Å²) in [5, 5.41) is 4.26. The van der Waals surface area contributed by atoms with Crippen molar-refractivity contribution in [2.45, 2.75) is 24.8 Å². The summed E-state index contributed by atoms with van der Waals surface area (Å²) < 4.78 is 31.5. The zero-order valence-electron chi connectivity index (χ0n) is 19.9. The minimum atomic E-state index is -3.92. The number of piperazine rings is 1. The lowest BCUT2D eigenvalue weighted by atomic mass is 10.1. The summed E-state index contributed by atoms with van der Waals surface area (Å²) in [6, 6.07) is 15.8. The normalized spacial score (nSPS) is 17.0. The Morgan fingerprint density at radius 1 is 1.14 bits per heavy atom. The number of aromatic nitrogens is 3. The lowest BCUT2D eigenvalue weighted by Gasteiger charge is -2.42. The third-order valence-corrected chi connectivity index (χ3v) is 7.95. The highest BCUT2D eigenvalue weighted by Gasteiger charge is 2.30. The van der Waals surface area contributed by atoms with E-state index in [1.807, 2.05) is 42.3 Å². The molecule has 186 valence electrons. The van der Waals surface area contributed by atoms with Crippen molar-refractivity contribution in [3.8, 4) is 0 Å². The predicted octanol–water partition coefficient (Wildman–Crippen LogP) is 4.40. The van der Waals surface area contributed by atoms with E-state index in [-0.39, 0.29) is 16.9 Å². The average molecular weight is 569 g/mol. The molecule has 9 nitrogen and oxygen atoms in total. The topological polar surface area (TPSA) is 107 Å². The zero-order valence-corrected chi connectivity index (χ0v) is 22.3. The van der Waals surface area contributed by atoms with E-state index in [2.05, 4.69) is 52.4 Å². The average Bonchev–Trinajstić information content (AvgIpc) is 3.25. The summed E-state index contributed by atoms with van der Waals surface area (Å²) in [7, 11) is -3.92. The van der Waals surface area contributed by atoms with E-state index in [0.29, 0.717) is 19.6 Å². The SMILES string of the molecule is Cc1c[nH]c2ncnc(N3CCN(C(=NS(=O)(=O)c4ccccc4)Nc4cccc(Br)c4)[C@@H](C)C3)c12. The molecule has 1 fully saturated rings. The van der Waals surface area contributed by atoms with Crippen molar-refractivity contribution >= 4 is 54.5 Å². The van der Waals surface area contributed by atoms with Crippen LogP contribution in [0.3, 0.4) is 0 Å². The molecule has 11 heteroatoms. The largest absolute Gasteiger partial charge is 0.352 e. The quantitative estimate of drug-likeness (QED) is 0.278. The molecule has 1 aliphatic rings. The van der Waals surface area contributed by atoms with Crippen LogP contribution in [0, 0.1) is 6.92 Å². The van der Waals surface area contributed by atoms with Crippen LogP contribution in [0.4, 0.5) is 11.5 Å². The van der Waals surface area contributed by atoms with E-state index in [9.17, 15) is 8.42 Å². The number of hydrogen-bond acceptors (Lipinski definition) is 5. The number of benzene rings is 2. The summed E-state index contributed by atoms with van der Waals surface area (Å²) in [4.78, 5) is 16.5. The Bertz CT molecular complexity index is 1520. The Kier molecular flexibility index (Phi) is 6.67. The van der Waals surface area contributed by atoms with Crippen LogP contribution in [0.5, 0.6) is 0 Å². The number of guanidine groups is 1. The smallest absolute Gasteiger partial charge is 0.285 e. The lowest BCUT2D eigenvalue weighted by Crippen LogP contribution is -2.56. The molecule has 4 aromatic rings. The van der Waals surface area contributed by atoms with Gasteiger partial charge >= 0.3 is 0 Å². The predicted molar refractivity (Wildman–Crippen MR) is 146 cm³/mol. The molecule has 0 aliphatic carbocycles. The first-order valence-corrected chi connectivity index (χ1v) is 13.8. The van der Waals surface area contributed by atoms with Crippen LogP contribution in [-0.4, -0.2) is 59.9 Å². The first-order chi connectivity index (χ1) is 17.3. The van der Waals surface area contributed by atoms with Crippen molar-refractivity contribution in [1.29, 1.82) is 0 Å². The molecule has 1 aliphatic heterocycles. The van der Waals surface area contributed by atoms with Gasteiger partial charge in [0.15, 0.2) is 0 Å². The van der Waals surface area contributed by atoms with Crippen LogP contribution in [0.25, 0.3) is 11.0 Å². The summed E-state index contributed by atoms with van der Waals surface area (Å²) in [5.74, 6) is 1.16. The maximum absolute atomic E-state index is 13.2. The monoisotopic (exact) mass is 567 g/mol. The first-order valence-electron chi connectivity index (χ1n) is 11.5. The number of sulfonamides is 1. The molecule has 5 rings (SSSR count). The van der Waals surface area contributed by atoms with Crippen LogP contribution in [0.1, 0.15) is 12.5 Å². The van der Waals surface area contributed by atoms with E-state index in [1.54, 1.807) is 36.7 Å². The fraction of sp³-hybridized carbons (Fsp3) is 0.240. The molecule has 1 atom stereocenters. The molecule has 0 radical (unpaired) electrons. The Balaban J connectivity index is 1.47. The number of anilines is 2. The van der Waals surface area contributed by atoms with Gasteiger partial charge in [0, 0.05) is 42.0 Å². The van der Waals surface area contributed by atoms with Gasteiger partial charge in [0.2, 0.25) is 5.96 Å². The molecule has 0 unspecified atom stereocenters. The Hall–Kier alpha value is -3.44. The highest BCUT2D eigenvalue weighted by Crippen LogP contribution is 2.28. The Morgan fingerprint density at radius 3 is 2.69 bits per heavy atom. The van der Waals surface area contributed by atoms with Crippen LogP contribution in [-0.2, 0) is 10.0 Å². The summed E-state index contributed by atoms with van der Waals surface area (Å²) in [6.45, 7) is 5.93. The minimum absolute atomic E-state index is 0.0487. The van der Waals surface area contributed by atoms with Crippen molar-refractivity contribution in [2.24, 2.45) is 4.40 Å². The van der Waals surface area contributed by atoms with Crippen LogP contribution < -0.4 is 10.2 Å². The van der Waals surface area contributed by atoms with E-state index in [1.165, 1.54) is 0 Å². The highest BCUT2D eigenvalue weighted by molar-refractivity contribution is 9.10. The molecule has 0 spiro atoms. The molecular weight excluding hydrogens is 542 g/mol. The van der Waals surface area contributed by atoms with Gasteiger partial charge in [-0.05, 0) is 49.7 Å². The van der Waals surface area contributed by atoms with Crippen molar-refractivity contribution < 1.29 is 8.42 Å². The van der Waals surface area contributed by atoms with Crippen molar-refractivity contribution in [3.05, 3.63) is 77.2 Å². The van der Waals surface area contributed by atoms with Gasteiger partial charge in [0.1, 0.15) is 17.8 Å². The lowest BCUT2D eigenvalue weighted by molar-refractivity contribution is 0.297. The second-order valence-electron chi connectivity index (χ2n) is 8.72. The second-order valence-corrected chi connectivity index (χ2v) is 11.2. The van der Waals surface area contributed by atoms with Crippen molar-refractivity contribution in [3.63, 3.8) is 0 Å². The van der Waals surface area contributed by atoms with Gasteiger partial charge in [-0.3, -0.25) is 0 Å². The fourth-order valence-electron chi connectivity index (χ4n) is 4.40. The van der Waals surface area contributed by atoms with Crippen molar-refractivity contribution in [2.75, 3.05) is 29.9 Å². The molecule has 0 bridgehead atoms. The number of fused-ring (bicyclic) bond motifs is 1. The number of aromatic amines is 1. The van der Waals surface area contributed by atoms with Gasteiger partial charge in [0.05, 0.1) is 10.3 Å². The zero-order chi connectivity index (χ0) is 25.3. The minimum Gasteiger partial charge on any atom is -0.352 e. The number of hydrogen-bond donors (Lipinski definition) is 2. The third-order valence-electron chi connectivity index (χ3n) is 6.17. The van der Waals surface area contributed by atoms with Crippen LogP contribution in [0.15, 0.2) is 80.9 Å². The molecule has 2 N–H and O–H groups in total. The molecule has 0 saturated carbocycles. The number of aryl methyl sites for hydroxylation is 1. The molecule has 0 amide bonds. The highest BCUT2D eigenvalue weighted by atomic mass is 79.9. The van der Waals surface area contributed by atoms with Gasteiger partial charge in [-0.15, -0.1) is 4.40 Å². The number of rotatable bonds is 4. The second kappa shape index (κ2) is 9.90. The fourth-order valence-corrected chi connectivity index (χ4v) is 5.79. The number of halogens is 1. The molecular formula is C25H26BrN7O2S. The summed E-state index contributed by atoms with van der Waals surface area (Å²) in [6.07, 6.45) is 3.50. The Labute approximate surface area is 218 Å². The maximum Gasteiger partial charge on any atom is 0.285 e. The first kappa shape index (κ1) is 24.3. The van der Waals surface area contributed by atoms with Gasteiger partial charge < -0.3 is 20.1 Å². The van der Waals surface area contributed by atoms with Gasteiger partial charge in [-0.1, -0.05) is 40.2 Å². The van der Waals surface area contributed by atoms with E-state index >= 15 is 0 Å². The van der Waals surface area contributed by atoms with Crippen LogP contribution >= 0.6 is 15.9 Å². The van der Waals surface area contributed by atoms with Crippen molar-refractivity contribution in [1.82, 2.24) is 19.9 Å². The van der Waals surface area contributed by atoms with Gasteiger partial charge in [0.25, 0.3) is 10.0 Å². The molecule has 36 heavy (non-hydrogen) atoms. The summed E-state index contributed by atoms with van der Waals surface area (Å²) in [5.41, 5.74) is 2.63. The van der Waals surface area contributed by atoms with E-state index in [4.69, 9.17) is 0 Å². The van der Waals surface area contributed by atoms with Gasteiger partial charge in [-0.2, -0.15) is 8.42 Å². The molecule has 2 aromatic carbocycles. The third kappa shape index (κ3) is 4.93. The molecule has 3 heterocycles. The Morgan fingerprint density at radius 2 is 1.94 bits per heavy atom. The van der Waals surface area contributed by atoms with E-state index in [0.717, 1.165) is 32.6 Å². The van der Waals surface area contributed by atoms with Crippen LogP contribution in [0.2, 0.25) is 0 Å². The summed E-state index contributed by atoms with van der Waals surface area (Å²) >= 11 is 3.48. The number of H-pyrrole nitrogens is 1. The van der Waals surface area contributed by atoms with Gasteiger partial charge in [-0.25, -0.2) is 9.97 Å². The maximum atomic E-state index is 13.2. The number of nitrogens with one attached hydrogen (secondary N) is 2. The molecule has 1 saturated heterocycles. The van der Waals surface area contributed by atoms with E-state index < -0.39 is 10.0 Å². The number of nitrogens with zero attached hydrogens (tertiary/aromatic N) is 5. The standard InChI is InChI=1S/C25H26BrN7O2S/c1-17-14-27-23-22(17)24(29-16-28-23)32-11-12-33(18(2)15-32)25(30-20-8-6-7-19(26)13-20)31-36(34,35)21-9-4-3-5-10-21/h3-10,13-14,16,18H,11-12,15H2,1-2H3,(H,30,31)(H,27,28,29)/t18-/m0/s1. The molecule has 2 aromatic heterocycles.